The number of urea groups is 1. The summed E-state index contributed by atoms with van der Waals surface area (Å²) in [6, 6.07) is 15.1. The quantitative estimate of drug-likeness (QED) is 0.615. The summed E-state index contributed by atoms with van der Waals surface area (Å²) in [7, 11) is 0. The van der Waals surface area contributed by atoms with Crippen LogP contribution in [0, 0.1) is 13.8 Å². The van der Waals surface area contributed by atoms with E-state index in [1.807, 2.05) is 61.2 Å². The molecular weight excluding hydrogens is 410 g/mol. The Balaban J connectivity index is 1.39. The molecule has 1 atom stereocenters. The van der Waals surface area contributed by atoms with Crippen LogP contribution in [-0.4, -0.2) is 40.1 Å². The van der Waals surface area contributed by atoms with Gasteiger partial charge in [0, 0.05) is 30.4 Å². The van der Waals surface area contributed by atoms with Gasteiger partial charge in [0.05, 0.1) is 0 Å². The molecule has 1 fully saturated rings. The molecule has 7 nitrogen and oxygen atoms in total. The number of piperidine rings is 1. The third-order valence-corrected chi connectivity index (χ3v) is 6.43. The highest BCUT2D eigenvalue weighted by Gasteiger charge is 2.28. The lowest BCUT2D eigenvalue weighted by atomic mass is 9.99. The molecule has 160 valence electrons. The smallest absolute Gasteiger partial charge is 0.321 e. The molecule has 0 spiro atoms. The number of aryl methyl sites for hydroxylation is 2. The molecule has 0 unspecified atom stereocenters. The summed E-state index contributed by atoms with van der Waals surface area (Å²) < 4.78 is 0. The van der Waals surface area contributed by atoms with Gasteiger partial charge >= 0.3 is 6.03 Å². The standard InChI is InChI=1S/C23H25N5O2S/c1-15-10-11-19(16(2)13-15)25-23(30)28-12-6-7-17(14-28)21-26-27-22(31-21)20(29)24-18-8-4-3-5-9-18/h3-5,8-11,13,17H,6-7,12,14H2,1-2H3,(H,24,29)(H,25,30)/t17-/m1/s1. The Labute approximate surface area is 185 Å². The highest BCUT2D eigenvalue weighted by molar-refractivity contribution is 7.13. The number of carbonyl (C=O) groups excluding carboxylic acids is 2. The molecule has 31 heavy (non-hydrogen) atoms. The first-order valence-electron chi connectivity index (χ1n) is 10.3. The zero-order valence-electron chi connectivity index (χ0n) is 17.6. The third-order valence-electron chi connectivity index (χ3n) is 5.35. The van der Waals surface area contributed by atoms with E-state index in [9.17, 15) is 9.59 Å². The van der Waals surface area contributed by atoms with E-state index in [1.165, 1.54) is 11.3 Å². The first kappa shape index (κ1) is 21.0. The van der Waals surface area contributed by atoms with E-state index < -0.39 is 0 Å². The molecule has 8 heteroatoms. The molecule has 2 N–H and O–H groups in total. The Morgan fingerprint density at radius 1 is 1.06 bits per heavy atom. The average molecular weight is 436 g/mol. The first-order chi connectivity index (χ1) is 15.0. The lowest BCUT2D eigenvalue weighted by Gasteiger charge is -2.31. The van der Waals surface area contributed by atoms with Crippen LogP contribution in [0.2, 0.25) is 0 Å². The molecule has 0 bridgehead atoms. The number of likely N-dealkylation sites (tertiary alicyclic amines) is 1. The number of anilines is 2. The third kappa shape index (κ3) is 5.08. The summed E-state index contributed by atoms with van der Waals surface area (Å²) >= 11 is 1.30. The molecule has 1 aliphatic rings. The number of aromatic nitrogens is 2. The first-order valence-corrected chi connectivity index (χ1v) is 11.1. The Morgan fingerprint density at radius 3 is 2.65 bits per heavy atom. The second-order valence-electron chi connectivity index (χ2n) is 7.80. The highest BCUT2D eigenvalue weighted by Crippen LogP contribution is 2.30. The fourth-order valence-corrected chi connectivity index (χ4v) is 4.57. The number of rotatable bonds is 4. The van der Waals surface area contributed by atoms with Gasteiger partial charge in [-0.25, -0.2) is 4.79 Å². The van der Waals surface area contributed by atoms with E-state index in [0.717, 1.165) is 40.4 Å². The van der Waals surface area contributed by atoms with Crippen molar-refractivity contribution >= 4 is 34.6 Å². The summed E-state index contributed by atoms with van der Waals surface area (Å²) in [5, 5.41) is 15.3. The topological polar surface area (TPSA) is 87.2 Å². The minimum atomic E-state index is -0.268. The maximum absolute atomic E-state index is 12.8. The second-order valence-corrected chi connectivity index (χ2v) is 8.81. The highest BCUT2D eigenvalue weighted by atomic mass is 32.1. The van der Waals surface area contributed by atoms with Gasteiger partial charge in [0.25, 0.3) is 5.91 Å². The van der Waals surface area contributed by atoms with Crippen molar-refractivity contribution in [3.63, 3.8) is 0 Å². The fraction of sp³-hybridized carbons (Fsp3) is 0.304. The second kappa shape index (κ2) is 9.26. The molecule has 0 radical (unpaired) electrons. The molecular formula is C23H25N5O2S. The van der Waals surface area contributed by atoms with Gasteiger partial charge in [-0.15, -0.1) is 10.2 Å². The minimum Gasteiger partial charge on any atom is -0.324 e. The summed E-state index contributed by atoms with van der Waals surface area (Å²) in [5.74, 6) is -0.190. The summed E-state index contributed by atoms with van der Waals surface area (Å²) in [6.45, 7) is 5.29. The molecule has 1 aliphatic heterocycles. The molecule has 3 aromatic rings. The van der Waals surface area contributed by atoms with Gasteiger partial charge in [0.1, 0.15) is 5.01 Å². The normalized spacial score (nSPS) is 16.1. The number of nitrogens with one attached hydrogen (secondary N) is 2. The zero-order chi connectivity index (χ0) is 21.8. The van der Waals surface area contributed by atoms with Crippen LogP contribution in [0.25, 0.3) is 0 Å². The Kier molecular flexibility index (Phi) is 6.27. The lowest BCUT2D eigenvalue weighted by molar-refractivity contribution is 0.102. The van der Waals surface area contributed by atoms with Gasteiger partial charge in [-0.2, -0.15) is 0 Å². The number of benzene rings is 2. The fourth-order valence-electron chi connectivity index (χ4n) is 3.71. The van der Waals surface area contributed by atoms with Crippen LogP contribution in [-0.2, 0) is 0 Å². The van der Waals surface area contributed by atoms with E-state index in [2.05, 4.69) is 26.9 Å². The summed E-state index contributed by atoms with van der Waals surface area (Å²) in [5.41, 5.74) is 3.75. The van der Waals surface area contributed by atoms with E-state index in [4.69, 9.17) is 0 Å². The van der Waals surface area contributed by atoms with Gasteiger partial charge in [-0.3, -0.25) is 4.79 Å². The predicted molar refractivity (Wildman–Crippen MR) is 123 cm³/mol. The molecule has 0 aliphatic carbocycles. The Bertz CT molecular complexity index is 1080. The predicted octanol–water partition coefficient (Wildman–Crippen LogP) is 4.82. The van der Waals surface area contributed by atoms with E-state index in [1.54, 1.807) is 0 Å². The number of para-hydroxylation sites is 1. The van der Waals surface area contributed by atoms with Crippen LogP contribution >= 0.6 is 11.3 Å². The van der Waals surface area contributed by atoms with Crippen LogP contribution in [0.3, 0.4) is 0 Å². The molecule has 1 saturated heterocycles. The van der Waals surface area contributed by atoms with Crippen molar-refractivity contribution in [2.75, 3.05) is 23.7 Å². The van der Waals surface area contributed by atoms with Crippen molar-refractivity contribution in [3.05, 3.63) is 69.7 Å². The van der Waals surface area contributed by atoms with Crippen molar-refractivity contribution in [1.29, 1.82) is 0 Å². The molecule has 2 heterocycles. The van der Waals surface area contributed by atoms with Crippen LogP contribution in [0.5, 0.6) is 0 Å². The molecule has 0 saturated carbocycles. The Morgan fingerprint density at radius 2 is 1.87 bits per heavy atom. The number of hydrogen-bond acceptors (Lipinski definition) is 5. The van der Waals surface area contributed by atoms with Gasteiger partial charge in [-0.05, 0) is 50.5 Å². The van der Waals surface area contributed by atoms with E-state index >= 15 is 0 Å². The monoisotopic (exact) mass is 435 g/mol. The van der Waals surface area contributed by atoms with Gasteiger partial charge in [-0.1, -0.05) is 47.2 Å². The van der Waals surface area contributed by atoms with Crippen molar-refractivity contribution in [2.45, 2.75) is 32.6 Å². The van der Waals surface area contributed by atoms with E-state index in [-0.39, 0.29) is 17.9 Å². The van der Waals surface area contributed by atoms with Crippen molar-refractivity contribution in [3.8, 4) is 0 Å². The van der Waals surface area contributed by atoms with Crippen LogP contribution in [0.1, 0.15) is 44.7 Å². The van der Waals surface area contributed by atoms with Crippen molar-refractivity contribution < 1.29 is 9.59 Å². The average Bonchev–Trinajstić information content (AvgIpc) is 3.27. The maximum atomic E-state index is 12.8. The number of hydrogen-bond donors (Lipinski definition) is 2. The van der Waals surface area contributed by atoms with Gasteiger partial charge < -0.3 is 15.5 Å². The lowest BCUT2D eigenvalue weighted by Crippen LogP contribution is -2.41. The van der Waals surface area contributed by atoms with Gasteiger partial charge in [0.15, 0.2) is 0 Å². The largest absolute Gasteiger partial charge is 0.324 e. The molecule has 3 amide bonds. The van der Waals surface area contributed by atoms with Crippen LogP contribution < -0.4 is 10.6 Å². The molecule has 4 rings (SSSR count). The Hall–Kier alpha value is -3.26. The van der Waals surface area contributed by atoms with E-state index in [0.29, 0.717) is 18.1 Å². The zero-order valence-corrected chi connectivity index (χ0v) is 18.4. The number of carbonyl (C=O) groups is 2. The van der Waals surface area contributed by atoms with Crippen molar-refractivity contribution in [2.24, 2.45) is 0 Å². The maximum Gasteiger partial charge on any atom is 0.321 e. The summed E-state index contributed by atoms with van der Waals surface area (Å²) in [6.07, 6.45) is 1.80. The number of amides is 3. The van der Waals surface area contributed by atoms with Crippen LogP contribution in [0.15, 0.2) is 48.5 Å². The SMILES string of the molecule is Cc1ccc(NC(=O)N2CCC[C@@H](c3nnc(C(=O)Nc4ccccc4)s3)C2)c(C)c1. The van der Waals surface area contributed by atoms with Gasteiger partial charge in [0.2, 0.25) is 5.01 Å². The molecule has 2 aromatic carbocycles. The molecule has 1 aromatic heterocycles. The van der Waals surface area contributed by atoms with Crippen LogP contribution in [0.4, 0.5) is 16.2 Å². The summed E-state index contributed by atoms with van der Waals surface area (Å²) in [4.78, 5) is 27.1. The van der Waals surface area contributed by atoms with Crippen molar-refractivity contribution in [1.82, 2.24) is 15.1 Å². The minimum absolute atomic E-state index is 0.0781. The number of nitrogens with zero attached hydrogens (tertiary/aromatic N) is 3.